The molecule has 3 heterocycles. The number of fused-ring (bicyclic) bond motifs is 1. The summed E-state index contributed by atoms with van der Waals surface area (Å²) in [6, 6.07) is 22.6. The minimum absolute atomic E-state index is 0.0662. The van der Waals surface area contributed by atoms with Crippen LogP contribution in [0.3, 0.4) is 0 Å². The summed E-state index contributed by atoms with van der Waals surface area (Å²) < 4.78 is 8.10. The Kier molecular flexibility index (Phi) is 5.85. The largest absolute Gasteiger partial charge is 0.373 e. The third-order valence-electron chi connectivity index (χ3n) is 6.52. The monoisotopic (exact) mass is 429 g/mol. The Hall–Kier alpha value is -2.89. The van der Waals surface area contributed by atoms with Crippen LogP contribution in [0.4, 0.5) is 0 Å². The zero-order valence-corrected chi connectivity index (χ0v) is 18.9. The van der Waals surface area contributed by atoms with E-state index in [2.05, 4.69) is 65.9 Å². The van der Waals surface area contributed by atoms with E-state index in [4.69, 9.17) is 4.74 Å². The van der Waals surface area contributed by atoms with Gasteiger partial charge in [0, 0.05) is 50.2 Å². The summed E-state index contributed by atoms with van der Waals surface area (Å²) in [5, 5.41) is 0. The molecule has 166 valence electrons. The van der Waals surface area contributed by atoms with Crippen LogP contribution in [-0.2, 0) is 17.8 Å². The molecular formula is C27H31N3O2. The van der Waals surface area contributed by atoms with Crippen molar-refractivity contribution in [2.24, 2.45) is 0 Å². The molecule has 0 radical (unpaired) electrons. The van der Waals surface area contributed by atoms with Crippen molar-refractivity contribution in [2.75, 3.05) is 19.6 Å². The number of carbonyl (C=O) groups is 1. The van der Waals surface area contributed by atoms with E-state index in [1.165, 1.54) is 11.3 Å². The number of hydrogen-bond donors (Lipinski definition) is 0. The van der Waals surface area contributed by atoms with Gasteiger partial charge >= 0.3 is 0 Å². The maximum Gasteiger partial charge on any atom is 0.254 e. The first-order valence-corrected chi connectivity index (χ1v) is 11.6. The van der Waals surface area contributed by atoms with E-state index in [0.29, 0.717) is 6.54 Å². The SMILES string of the molecule is CC1CN(Cc2ccc(C(=O)N3CCn4cccc4C3c3ccccc3)cc2)CC(C)O1. The van der Waals surface area contributed by atoms with E-state index in [9.17, 15) is 4.79 Å². The Morgan fingerprint density at radius 3 is 2.34 bits per heavy atom. The Morgan fingerprint density at radius 2 is 1.62 bits per heavy atom. The van der Waals surface area contributed by atoms with E-state index in [0.717, 1.165) is 37.3 Å². The lowest BCUT2D eigenvalue weighted by molar-refractivity contribution is -0.0704. The smallest absolute Gasteiger partial charge is 0.254 e. The average Bonchev–Trinajstić information content (AvgIpc) is 3.27. The highest BCUT2D eigenvalue weighted by Crippen LogP contribution is 2.33. The molecule has 0 bridgehead atoms. The van der Waals surface area contributed by atoms with Crippen molar-refractivity contribution in [2.45, 2.75) is 45.2 Å². The van der Waals surface area contributed by atoms with Crippen molar-refractivity contribution >= 4 is 5.91 Å². The van der Waals surface area contributed by atoms with E-state index in [1.54, 1.807) is 0 Å². The number of carbonyl (C=O) groups excluding carboxylic acids is 1. The van der Waals surface area contributed by atoms with Gasteiger partial charge in [-0.05, 0) is 49.2 Å². The van der Waals surface area contributed by atoms with Gasteiger partial charge in [0.15, 0.2) is 0 Å². The number of aromatic nitrogens is 1. The van der Waals surface area contributed by atoms with Crippen LogP contribution in [0.5, 0.6) is 0 Å². The molecule has 0 aliphatic carbocycles. The fourth-order valence-corrected chi connectivity index (χ4v) is 5.18. The summed E-state index contributed by atoms with van der Waals surface area (Å²) in [6.45, 7) is 8.55. The maximum absolute atomic E-state index is 13.6. The molecule has 5 rings (SSSR count). The zero-order valence-electron chi connectivity index (χ0n) is 18.9. The van der Waals surface area contributed by atoms with Crippen LogP contribution in [0.2, 0.25) is 0 Å². The van der Waals surface area contributed by atoms with Crippen molar-refractivity contribution in [3.63, 3.8) is 0 Å². The van der Waals surface area contributed by atoms with E-state index < -0.39 is 0 Å². The normalized spacial score (nSPS) is 23.7. The standard InChI is InChI=1S/C27H31N3O2/c1-20-17-28(18-21(2)32-20)19-22-10-12-24(13-11-22)27(31)30-16-15-29-14-6-9-25(29)26(30)23-7-4-3-5-8-23/h3-14,20-21,26H,15-19H2,1-2H3. The summed E-state index contributed by atoms with van der Waals surface area (Å²) in [4.78, 5) is 18.0. The van der Waals surface area contributed by atoms with E-state index >= 15 is 0 Å². The molecule has 0 N–H and O–H groups in total. The minimum Gasteiger partial charge on any atom is -0.373 e. The molecule has 3 unspecified atom stereocenters. The summed E-state index contributed by atoms with van der Waals surface area (Å²) in [5.41, 5.74) is 4.30. The van der Waals surface area contributed by atoms with Gasteiger partial charge < -0.3 is 14.2 Å². The molecule has 1 amide bonds. The number of nitrogens with zero attached hydrogens (tertiary/aromatic N) is 3. The van der Waals surface area contributed by atoms with Gasteiger partial charge in [0.1, 0.15) is 0 Å². The number of hydrogen-bond acceptors (Lipinski definition) is 3. The van der Waals surface area contributed by atoms with Gasteiger partial charge in [-0.2, -0.15) is 0 Å². The number of amides is 1. The van der Waals surface area contributed by atoms with E-state index in [1.807, 2.05) is 35.2 Å². The molecule has 5 nitrogen and oxygen atoms in total. The number of rotatable bonds is 4. The summed E-state index contributed by atoms with van der Waals surface area (Å²) in [6.07, 6.45) is 2.62. The van der Waals surface area contributed by atoms with Crippen molar-refractivity contribution in [1.29, 1.82) is 0 Å². The Bertz CT molecular complexity index is 1050. The third kappa shape index (κ3) is 4.23. The summed E-state index contributed by atoms with van der Waals surface area (Å²) in [7, 11) is 0. The Morgan fingerprint density at radius 1 is 0.906 bits per heavy atom. The highest BCUT2D eigenvalue weighted by Gasteiger charge is 2.32. The van der Waals surface area contributed by atoms with Crippen LogP contribution in [0.25, 0.3) is 0 Å². The summed E-state index contributed by atoms with van der Waals surface area (Å²) in [5.74, 6) is 0.0893. The van der Waals surface area contributed by atoms with Gasteiger partial charge in [0.2, 0.25) is 0 Å². The molecule has 0 spiro atoms. The van der Waals surface area contributed by atoms with Gasteiger partial charge in [-0.15, -0.1) is 0 Å². The van der Waals surface area contributed by atoms with Crippen molar-refractivity contribution < 1.29 is 9.53 Å². The molecule has 2 aliphatic heterocycles. The first-order chi connectivity index (χ1) is 15.6. The van der Waals surface area contributed by atoms with Crippen molar-refractivity contribution in [3.8, 4) is 0 Å². The molecule has 5 heteroatoms. The quantitative estimate of drug-likeness (QED) is 0.619. The molecule has 1 fully saturated rings. The molecule has 1 aromatic heterocycles. The molecule has 2 aliphatic rings. The third-order valence-corrected chi connectivity index (χ3v) is 6.52. The fourth-order valence-electron chi connectivity index (χ4n) is 5.18. The molecule has 32 heavy (non-hydrogen) atoms. The lowest BCUT2D eigenvalue weighted by Gasteiger charge is -2.37. The van der Waals surface area contributed by atoms with Crippen LogP contribution in [0.1, 0.15) is 47.1 Å². The van der Waals surface area contributed by atoms with Crippen LogP contribution in [0, 0.1) is 0 Å². The van der Waals surface area contributed by atoms with Crippen LogP contribution >= 0.6 is 0 Å². The first kappa shape index (κ1) is 21.0. The van der Waals surface area contributed by atoms with Crippen molar-refractivity contribution in [1.82, 2.24) is 14.4 Å². The number of benzene rings is 2. The highest BCUT2D eigenvalue weighted by molar-refractivity contribution is 5.94. The average molecular weight is 430 g/mol. The topological polar surface area (TPSA) is 37.7 Å². The molecule has 3 aromatic rings. The molecular weight excluding hydrogens is 398 g/mol. The van der Waals surface area contributed by atoms with Crippen LogP contribution in [0.15, 0.2) is 72.9 Å². The molecule has 1 saturated heterocycles. The van der Waals surface area contributed by atoms with Gasteiger partial charge in [-0.1, -0.05) is 42.5 Å². The van der Waals surface area contributed by atoms with Gasteiger partial charge in [0.05, 0.1) is 18.2 Å². The Balaban J connectivity index is 1.35. The maximum atomic E-state index is 13.6. The number of morpholine rings is 1. The van der Waals surface area contributed by atoms with Crippen LogP contribution in [-0.4, -0.2) is 52.1 Å². The minimum atomic E-state index is -0.0662. The van der Waals surface area contributed by atoms with Crippen LogP contribution < -0.4 is 0 Å². The Labute approximate surface area is 190 Å². The lowest BCUT2D eigenvalue weighted by atomic mass is 9.98. The van der Waals surface area contributed by atoms with Gasteiger partial charge in [-0.25, -0.2) is 0 Å². The highest BCUT2D eigenvalue weighted by atomic mass is 16.5. The zero-order chi connectivity index (χ0) is 22.1. The second-order valence-electron chi connectivity index (χ2n) is 9.09. The predicted molar refractivity (Wildman–Crippen MR) is 125 cm³/mol. The van der Waals surface area contributed by atoms with Gasteiger partial charge in [0.25, 0.3) is 5.91 Å². The first-order valence-electron chi connectivity index (χ1n) is 11.6. The van der Waals surface area contributed by atoms with Gasteiger partial charge in [-0.3, -0.25) is 9.69 Å². The fraction of sp³-hybridized carbons (Fsp3) is 0.370. The molecule has 0 saturated carbocycles. The number of ether oxygens (including phenoxy) is 1. The lowest BCUT2D eigenvalue weighted by Crippen LogP contribution is -2.44. The summed E-state index contributed by atoms with van der Waals surface area (Å²) >= 11 is 0. The van der Waals surface area contributed by atoms with Crippen molar-refractivity contribution in [3.05, 3.63) is 95.3 Å². The van der Waals surface area contributed by atoms with E-state index in [-0.39, 0.29) is 24.2 Å². The second kappa shape index (κ2) is 8.93. The molecule has 2 aromatic carbocycles. The second-order valence-corrected chi connectivity index (χ2v) is 9.09. The molecule has 3 atom stereocenters. The predicted octanol–water partition coefficient (Wildman–Crippen LogP) is 4.34.